The summed E-state index contributed by atoms with van der Waals surface area (Å²) in [5.41, 5.74) is 4.24. The van der Waals surface area contributed by atoms with Crippen molar-refractivity contribution in [1.82, 2.24) is 5.32 Å². The highest BCUT2D eigenvalue weighted by atomic mass is 16.5. The first-order valence-electron chi connectivity index (χ1n) is 9.59. The first-order chi connectivity index (χ1) is 14.4. The van der Waals surface area contributed by atoms with E-state index in [1.54, 1.807) is 0 Å². The second kappa shape index (κ2) is 9.26. The van der Waals surface area contributed by atoms with E-state index in [0.717, 1.165) is 22.3 Å². The zero-order valence-electron chi connectivity index (χ0n) is 16.3. The molecule has 0 spiro atoms. The van der Waals surface area contributed by atoms with Gasteiger partial charge in [0.1, 0.15) is 12.6 Å². The van der Waals surface area contributed by atoms with Gasteiger partial charge in [-0.3, -0.25) is 4.79 Å². The van der Waals surface area contributed by atoms with Gasteiger partial charge in [0.15, 0.2) is 0 Å². The van der Waals surface area contributed by atoms with E-state index in [4.69, 9.17) is 9.84 Å². The maximum absolute atomic E-state index is 12.4. The van der Waals surface area contributed by atoms with Crippen LogP contribution in [0.5, 0.6) is 0 Å². The fraction of sp³-hybridized carbons (Fsp3) is 0.261. The van der Waals surface area contributed by atoms with Gasteiger partial charge in [-0.15, -0.1) is 6.58 Å². The number of rotatable bonds is 9. The zero-order valence-corrected chi connectivity index (χ0v) is 16.3. The first-order valence-corrected chi connectivity index (χ1v) is 9.59. The zero-order chi connectivity index (χ0) is 21.7. The lowest BCUT2D eigenvalue weighted by molar-refractivity contribution is -0.142. The lowest BCUT2D eigenvalue weighted by Gasteiger charge is -2.23. The van der Waals surface area contributed by atoms with Crippen LogP contribution in [-0.4, -0.2) is 40.9 Å². The Morgan fingerprint density at radius 1 is 1.03 bits per heavy atom. The number of ether oxygens (including phenoxy) is 1. The summed E-state index contributed by atoms with van der Waals surface area (Å²) in [6, 6.07) is 14.3. The van der Waals surface area contributed by atoms with Gasteiger partial charge in [-0.05, 0) is 28.7 Å². The summed E-state index contributed by atoms with van der Waals surface area (Å²) in [5.74, 6) is -3.47. The summed E-state index contributed by atoms with van der Waals surface area (Å²) in [6.45, 7) is 3.57. The van der Waals surface area contributed by atoms with E-state index in [9.17, 15) is 19.5 Å². The number of allylic oxidation sites excluding steroid dienone is 1. The van der Waals surface area contributed by atoms with E-state index in [0.29, 0.717) is 0 Å². The quantitative estimate of drug-likeness (QED) is 0.545. The fourth-order valence-corrected chi connectivity index (χ4v) is 3.92. The highest BCUT2D eigenvalue weighted by Gasteiger charge is 2.33. The van der Waals surface area contributed by atoms with Gasteiger partial charge in [-0.25, -0.2) is 9.59 Å². The van der Waals surface area contributed by atoms with Crippen LogP contribution in [-0.2, 0) is 14.3 Å². The molecule has 1 aliphatic rings. The van der Waals surface area contributed by atoms with Gasteiger partial charge in [0.2, 0.25) is 0 Å². The van der Waals surface area contributed by atoms with Crippen molar-refractivity contribution in [3.63, 3.8) is 0 Å². The van der Waals surface area contributed by atoms with Gasteiger partial charge in [-0.1, -0.05) is 54.6 Å². The molecule has 0 radical (unpaired) electrons. The summed E-state index contributed by atoms with van der Waals surface area (Å²) in [5, 5.41) is 20.8. The molecule has 1 unspecified atom stereocenters. The van der Waals surface area contributed by atoms with E-state index in [1.165, 1.54) is 6.08 Å². The SMILES string of the molecule is C=CCC(CC(=O)O)[C@H](NC(=O)OCC1c2ccccc2-c2ccccc21)C(=O)O. The molecule has 1 amide bonds. The number of benzene rings is 2. The van der Waals surface area contributed by atoms with Crippen molar-refractivity contribution >= 4 is 18.0 Å². The summed E-state index contributed by atoms with van der Waals surface area (Å²) in [4.78, 5) is 35.0. The van der Waals surface area contributed by atoms with E-state index < -0.39 is 36.4 Å². The van der Waals surface area contributed by atoms with Crippen molar-refractivity contribution in [2.75, 3.05) is 6.61 Å². The summed E-state index contributed by atoms with van der Waals surface area (Å²) in [7, 11) is 0. The Kier molecular flexibility index (Phi) is 6.51. The van der Waals surface area contributed by atoms with Gasteiger partial charge >= 0.3 is 18.0 Å². The van der Waals surface area contributed by atoms with Crippen molar-refractivity contribution in [2.24, 2.45) is 5.92 Å². The maximum atomic E-state index is 12.4. The molecule has 2 atom stereocenters. The van der Waals surface area contributed by atoms with Crippen LogP contribution in [0.4, 0.5) is 4.79 Å². The fourth-order valence-electron chi connectivity index (χ4n) is 3.92. The number of alkyl carbamates (subject to hydrolysis) is 1. The third-order valence-corrected chi connectivity index (χ3v) is 5.26. The Morgan fingerprint density at radius 3 is 2.10 bits per heavy atom. The normalized spacial score (nSPS) is 14.1. The lowest BCUT2D eigenvalue weighted by Crippen LogP contribution is -2.47. The van der Waals surface area contributed by atoms with Gasteiger partial charge in [0.05, 0.1) is 6.42 Å². The average Bonchev–Trinajstić information content (AvgIpc) is 3.03. The largest absolute Gasteiger partial charge is 0.481 e. The van der Waals surface area contributed by atoms with Crippen LogP contribution in [0.3, 0.4) is 0 Å². The molecular formula is C23H23NO6. The molecule has 0 saturated carbocycles. The van der Waals surface area contributed by atoms with Crippen LogP contribution in [0, 0.1) is 5.92 Å². The first kappa shape index (κ1) is 21.1. The number of carboxylic acids is 2. The van der Waals surface area contributed by atoms with E-state index in [-0.39, 0.29) is 18.9 Å². The molecule has 3 N–H and O–H groups in total. The van der Waals surface area contributed by atoms with Crippen LogP contribution < -0.4 is 5.32 Å². The Bertz CT molecular complexity index is 924. The van der Waals surface area contributed by atoms with Crippen LogP contribution in [0.2, 0.25) is 0 Å². The van der Waals surface area contributed by atoms with Crippen LogP contribution >= 0.6 is 0 Å². The molecule has 2 aromatic rings. The molecule has 2 aromatic carbocycles. The molecule has 0 heterocycles. The summed E-state index contributed by atoms with van der Waals surface area (Å²) in [6.07, 6.45) is 0.256. The van der Waals surface area contributed by atoms with Gasteiger partial charge < -0.3 is 20.3 Å². The van der Waals surface area contributed by atoms with E-state index in [2.05, 4.69) is 11.9 Å². The number of hydrogen-bond donors (Lipinski definition) is 3. The van der Waals surface area contributed by atoms with E-state index in [1.807, 2.05) is 48.5 Å². The van der Waals surface area contributed by atoms with Crippen molar-refractivity contribution in [3.8, 4) is 11.1 Å². The Morgan fingerprint density at radius 2 is 1.60 bits per heavy atom. The molecular weight excluding hydrogens is 386 g/mol. The van der Waals surface area contributed by atoms with Crippen molar-refractivity contribution < 1.29 is 29.3 Å². The molecule has 0 saturated heterocycles. The number of carbonyl (C=O) groups excluding carboxylic acids is 1. The molecule has 1 aliphatic carbocycles. The number of aliphatic carboxylic acids is 2. The minimum atomic E-state index is -1.39. The van der Waals surface area contributed by atoms with E-state index >= 15 is 0 Å². The Labute approximate surface area is 174 Å². The average molecular weight is 409 g/mol. The second-order valence-electron chi connectivity index (χ2n) is 7.17. The minimum Gasteiger partial charge on any atom is -0.481 e. The number of amides is 1. The van der Waals surface area contributed by atoms with Crippen LogP contribution in [0.25, 0.3) is 11.1 Å². The number of hydrogen-bond acceptors (Lipinski definition) is 4. The third kappa shape index (κ3) is 4.51. The number of carbonyl (C=O) groups is 3. The molecule has 0 fully saturated rings. The van der Waals surface area contributed by atoms with Crippen molar-refractivity contribution in [2.45, 2.75) is 24.8 Å². The Balaban J connectivity index is 1.71. The monoisotopic (exact) mass is 409 g/mol. The number of fused-ring (bicyclic) bond motifs is 3. The standard InChI is InChI=1S/C23H23NO6/c1-2-7-14(12-20(25)26)21(22(27)28)24-23(29)30-13-19-17-10-5-3-8-15(17)16-9-4-6-11-18(16)19/h2-6,8-11,14,19,21H,1,7,12-13H2,(H,24,29)(H,25,26)(H,27,28)/t14?,21-/m0/s1. The lowest BCUT2D eigenvalue weighted by atomic mass is 9.92. The summed E-state index contributed by atoms with van der Waals surface area (Å²) >= 11 is 0. The summed E-state index contributed by atoms with van der Waals surface area (Å²) < 4.78 is 5.37. The smallest absolute Gasteiger partial charge is 0.407 e. The number of carboxylic acid groups (broad SMARTS) is 2. The molecule has 3 rings (SSSR count). The molecule has 0 bridgehead atoms. The molecule has 0 aliphatic heterocycles. The molecule has 30 heavy (non-hydrogen) atoms. The highest BCUT2D eigenvalue weighted by molar-refractivity contribution is 5.82. The highest BCUT2D eigenvalue weighted by Crippen LogP contribution is 2.44. The second-order valence-corrected chi connectivity index (χ2v) is 7.17. The van der Waals surface area contributed by atoms with Gasteiger partial charge in [-0.2, -0.15) is 0 Å². The molecule has 156 valence electrons. The Hall–Kier alpha value is -3.61. The minimum absolute atomic E-state index is 0.0389. The maximum Gasteiger partial charge on any atom is 0.407 e. The molecule has 0 aromatic heterocycles. The molecule has 7 nitrogen and oxygen atoms in total. The van der Waals surface area contributed by atoms with Gasteiger partial charge in [0.25, 0.3) is 0 Å². The third-order valence-electron chi connectivity index (χ3n) is 5.26. The predicted octanol–water partition coefficient (Wildman–Crippen LogP) is 3.65. The van der Waals surface area contributed by atoms with Gasteiger partial charge in [0, 0.05) is 11.8 Å². The van der Waals surface area contributed by atoms with Crippen LogP contribution in [0.1, 0.15) is 29.9 Å². The molecule has 7 heteroatoms. The number of nitrogens with one attached hydrogen (secondary N) is 1. The van der Waals surface area contributed by atoms with Crippen LogP contribution in [0.15, 0.2) is 61.2 Å². The van der Waals surface area contributed by atoms with Crippen molar-refractivity contribution in [1.29, 1.82) is 0 Å². The van der Waals surface area contributed by atoms with Crippen molar-refractivity contribution in [3.05, 3.63) is 72.3 Å². The topological polar surface area (TPSA) is 113 Å². The predicted molar refractivity (Wildman–Crippen MR) is 110 cm³/mol.